The maximum Gasteiger partial charge on any atom is 0.297 e. The molecular formula is C42H55N5O5S. The van der Waals surface area contributed by atoms with Crippen LogP contribution >= 0.6 is 0 Å². The summed E-state index contributed by atoms with van der Waals surface area (Å²) in [4.78, 5) is 12.3. The van der Waals surface area contributed by atoms with E-state index in [1.807, 2.05) is 43.7 Å². The van der Waals surface area contributed by atoms with Crippen LogP contribution < -0.4 is 10.6 Å². The highest BCUT2D eigenvalue weighted by atomic mass is 32.2. The summed E-state index contributed by atoms with van der Waals surface area (Å²) in [5.74, 6) is 0. The van der Waals surface area contributed by atoms with Crippen LogP contribution in [0.1, 0.15) is 78.5 Å². The van der Waals surface area contributed by atoms with Crippen LogP contribution in [0.4, 0.5) is 0 Å². The van der Waals surface area contributed by atoms with Crippen molar-refractivity contribution in [2.45, 2.75) is 102 Å². The monoisotopic (exact) mass is 741 g/mol. The molecule has 11 heteroatoms. The molecule has 1 aromatic carbocycles. The van der Waals surface area contributed by atoms with E-state index in [1.165, 1.54) is 28.8 Å². The lowest BCUT2D eigenvalue weighted by Gasteiger charge is -2.28. The summed E-state index contributed by atoms with van der Waals surface area (Å²) in [7, 11) is -3.75. The van der Waals surface area contributed by atoms with E-state index in [1.54, 1.807) is 42.9 Å². The van der Waals surface area contributed by atoms with Crippen molar-refractivity contribution >= 4 is 22.3 Å². The lowest BCUT2D eigenvalue weighted by atomic mass is 10.0. The third-order valence-corrected chi connectivity index (χ3v) is 10.5. The zero-order chi connectivity index (χ0) is 38.1. The van der Waals surface area contributed by atoms with Crippen molar-refractivity contribution in [2.75, 3.05) is 13.1 Å². The summed E-state index contributed by atoms with van der Waals surface area (Å²) in [6.45, 7) is 19.3. The van der Waals surface area contributed by atoms with Crippen LogP contribution in [-0.2, 0) is 43.6 Å². The topological polar surface area (TPSA) is 125 Å². The summed E-state index contributed by atoms with van der Waals surface area (Å²) in [5.41, 5.74) is 7.17. The van der Waals surface area contributed by atoms with Gasteiger partial charge in [0.05, 0.1) is 36.9 Å². The van der Waals surface area contributed by atoms with Crippen molar-refractivity contribution < 1.29 is 22.1 Å². The molecule has 2 N–H and O–H groups in total. The molecule has 53 heavy (non-hydrogen) atoms. The van der Waals surface area contributed by atoms with Crippen LogP contribution in [0.2, 0.25) is 0 Å². The predicted molar refractivity (Wildman–Crippen MR) is 211 cm³/mol. The molecule has 0 aliphatic carbocycles. The minimum atomic E-state index is -3.75. The maximum absolute atomic E-state index is 12.1. The molecular weight excluding hydrogens is 687 g/mol. The molecule has 284 valence electrons. The van der Waals surface area contributed by atoms with E-state index in [9.17, 15) is 8.42 Å². The van der Waals surface area contributed by atoms with Crippen LogP contribution in [0.5, 0.6) is 0 Å². The molecule has 4 aromatic rings. The second-order valence-electron chi connectivity index (χ2n) is 13.5. The second kappa shape index (κ2) is 21.6. The van der Waals surface area contributed by atoms with Gasteiger partial charge in [-0.1, -0.05) is 43.0 Å². The van der Waals surface area contributed by atoms with E-state index in [-0.39, 0.29) is 11.5 Å². The standard InChI is InChI=1S/C15H15NO3S.C14H20N2O.C13H20N2O/c1-3-13-10-16-9-8-14(13)11-19-20(17,18)15-6-4-12(2)5-7-15;1-3-12-9-15-6-4-13(12)10-17-14-5-7-16-11(2)8-14;1-10-8-14-5-3-12(10)9-16-13-4-6-15-11(2)7-13/h3-10H,1,11H2,2H3;3-4,6,9,11,14,16H,1,5,7-8,10H2,2H3;3,5,8,11,13,15H,4,6-7,9H2,1-2H3. The van der Waals surface area contributed by atoms with Crippen LogP contribution in [0.15, 0.2) is 97.7 Å². The van der Waals surface area contributed by atoms with E-state index in [4.69, 9.17) is 13.7 Å². The Balaban J connectivity index is 0.000000179. The largest absolute Gasteiger partial charge is 0.373 e. The summed E-state index contributed by atoms with van der Waals surface area (Å²) in [5, 5.41) is 6.86. The lowest BCUT2D eigenvalue weighted by Crippen LogP contribution is -2.39. The van der Waals surface area contributed by atoms with Crippen molar-refractivity contribution in [1.82, 2.24) is 25.6 Å². The number of rotatable bonds is 12. The van der Waals surface area contributed by atoms with Gasteiger partial charge in [0.15, 0.2) is 0 Å². The Labute approximate surface area is 316 Å². The number of aromatic nitrogens is 3. The van der Waals surface area contributed by atoms with Gasteiger partial charge in [-0.3, -0.25) is 19.1 Å². The Bertz CT molecular complexity index is 1840. The fourth-order valence-electron chi connectivity index (χ4n) is 5.97. The molecule has 0 saturated carbocycles. The number of ether oxygens (including phenoxy) is 2. The molecule has 6 rings (SSSR count). The molecule has 2 fully saturated rings. The smallest absolute Gasteiger partial charge is 0.297 e. The molecule has 2 aliphatic rings. The lowest BCUT2D eigenvalue weighted by molar-refractivity contribution is 0.0123. The van der Waals surface area contributed by atoms with E-state index in [0.29, 0.717) is 37.5 Å². The van der Waals surface area contributed by atoms with Crippen LogP contribution in [0.25, 0.3) is 12.2 Å². The van der Waals surface area contributed by atoms with Gasteiger partial charge in [0.1, 0.15) is 0 Å². The molecule has 0 spiro atoms. The molecule has 3 aromatic heterocycles. The van der Waals surface area contributed by atoms with Gasteiger partial charge in [-0.25, -0.2) is 0 Å². The zero-order valence-corrected chi connectivity index (χ0v) is 32.4. The van der Waals surface area contributed by atoms with Crippen LogP contribution in [-0.4, -0.2) is 60.8 Å². The molecule has 4 unspecified atom stereocenters. The first kappa shape index (κ1) is 41.7. The van der Waals surface area contributed by atoms with Crippen molar-refractivity contribution in [1.29, 1.82) is 0 Å². The van der Waals surface area contributed by atoms with Gasteiger partial charge < -0.3 is 20.1 Å². The number of aryl methyl sites for hydroxylation is 2. The average Bonchev–Trinajstić information content (AvgIpc) is 3.17. The highest BCUT2D eigenvalue weighted by Gasteiger charge is 2.20. The molecule has 0 amide bonds. The second-order valence-corrected chi connectivity index (χ2v) is 15.1. The van der Waals surface area contributed by atoms with Gasteiger partial charge in [-0.2, -0.15) is 8.42 Å². The van der Waals surface area contributed by atoms with Crippen LogP contribution in [0.3, 0.4) is 0 Å². The maximum atomic E-state index is 12.1. The van der Waals surface area contributed by atoms with Gasteiger partial charge in [-0.15, -0.1) is 0 Å². The van der Waals surface area contributed by atoms with E-state index in [0.717, 1.165) is 61.0 Å². The third-order valence-electron chi connectivity index (χ3n) is 9.25. The first-order chi connectivity index (χ1) is 25.6. The van der Waals surface area contributed by atoms with Crippen molar-refractivity contribution in [2.24, 2.45) is 0 Å². The van der Waals surface area contributed by atoms with Gasteiger partial charge in [0, 0.05) is 49.3 Å². The Morgan fingerprint density at radius 2 is 1.17 bits per heavy atom. The Morgan fingerprint density at radius 3 is 1.66 bits per heavy atom. The molecule has 4 atom stereocenters. The highest BCUT2D eigenvalue weighted by Crippen LogP contribution is 2.19. The van der Waals surface area contributed by atoms with E-state index < -0.39 is 10.1 Å². The molecule has 0 bridgehead atoms. The Hall–Kier alpha value is -4.10. The van der Waals surface area contributed by atoms with Crippen molar-refractivity contribution in [3.05, 3.63) is 132 Å². The number of hydrogen-bond acceptors (Lipinski definition) is 10. The quantitative estimate of drug-likeness (QED) is 0.142. The molecule has 2 saturated heterocycles. The number of piperidine rings is 2. The molecule has 0 radical (unpaired) electrons. The zero-order valence-electron chi connectivity index (χ0n) is 31.5. The fraction of sp³-hybridized carbons (Fsp3) is 0.405. The first-order valence-electron chi connectivity index (χ1n) is 18.2. The third kappa shape index (κ3) is 14.0. The SMILES string of the molecule is C=Cc1cnccc1COC1CCNC(C)C1.C=Cc1cnccc1COS(=O)(=O)c1ccc(C)cc1.Cc1cnccc1COC1CCNC(C)C1. The fourth-order valence-corrected chi connectivity index (χ4v) is 6.86. The Morgan fingerprint density at radius 1 is 0.698 bits per heavy atom. The normalized spacial score (nSPS) is 19.8. The summed E-state index contributed by atoms with van der Waals surface area (Å²) in [6, 6.07) is 13.4. The van der Waals surface area contributed by atoms with Crippen molar-refractivity contribution in [3.63, 3.8) is 0 Å². The number of nitrogens with zero attached hydrogens (tertiary/aromatic N) is 3. The number of benzene rings is 1. The van der Waals surface area contributed by atoms with Gasteiger partial charge in [-0.05, 0) is 130 Å². The van der Waals surface area contributed by atoms with E-state index in [2.05, 4.69) is 59.5 Å². The predicted octanol–water partition coefficient (Wildman–Crippen LogP) is 7.37. The highest BCUT2D eigenvalue weighted by molar-refractivity contribution is 7.86. The van der Waals surface area contributed by atoms with Crippen LogP contribution in [0, 0.1) is 13.8 Å². The Kier molecular flexibility index (Phi) is 16.9. The number of hydrogen-bond donors (Lipinski definition) is 2. The summed E-state index contributed by atoms with van der Waals surface area (Å²) in [6.07, 6.45) is 19.2. The minimum Gasteiger partial charge on any atom is -0.373 e. The number of nitrogens with one attached hydrogen (secondary N) is 2. The molecule has 5 heterocycles. The van der Waals surface area contributed by atoms with Gasteiger partial charge in [0.25, 0.3) is 10.1 Å². The average molecular weight is 742 g/mol. The van der Waals surface area contributed by atoms with Crippen molar-refractivity contribution in [3.8, 4) is 0 Å². The molecule has 10 nitrogen and oxygen atoms in total. The minimum absolute atomic E-state index is 0.0416. The van der Waals surface area contributed by atoms with Gasteiger partial charge in [0.2, 0.25) is 0 Å². The molecule has 2 aliphatic heterocycles. The number of pyridine rings is 3. The first-order valence-corrected chi connectivity index (χ1v) is 19.6. The van der Waals surface area contributed by atoms with Gasteiger partial charge >= 0.3 is 0 Å². The summed E-state index contributed by atoms with van der Waals surface area (Å²) < 4.78 is 41.1. The summed E-state index contributed by atoms with van der Waals surface area (Å²) >= 11 is 0. The van der Waals surface area contributed by atoms with E-state index >= 15 is 0 Å².